The third-order valence-electron chi connectivity index (χ3n) is 2.07. The maximum absolute atomic E-state index is 8.66. The van der Waals surface area contributed by atoms with Gasteiger partial charge in [-0.2, -0.15) is 5.26 Å². The Morgan fingerprint density at radius 1 is 1.12 bits per heavy atom. The Bertz CT molecular complexity index is 503. The lowest BCUT2D eigenvalue weighted by atomic mass is 10.2. The number of benzene rings is 1. The molecule has 0 aliphatic carbocycles. The molecule has 1 aromatic carbocycles. The zero-order valence-corrected chi connectivity index (χ0v) is 8.63. The normalized spacial score (nSPS) is 9.44. The van der Waals surface area contributed by atoms with Crippen molar-refractivity contribution in [2.75, 3.05) is 0 Å². The van der Waals surface area contributed by atoms with Gasteiger partial charge in [0.2, 0.25) is 0 Å². The van der Waals surface area contributed by atoms with E-state index in [1.54, 1.807) is 12.3 Å². The summed E-state index contributed by atoms with van der Waals surface area (Å²) in [5.74, 6) is 1.38. The predicted octanol–water partition coefficient (Wildman–Crippen LogP) is 2.94. The first-order valence-corrected chi connectivity index (χ1v) is 4.94. The van der Waals surface area contributed by atoms with E-state index in [0.29, 0.717) is 11.4 Å². The molecule has 0 fully saturated rings. The number of aromatic nitrogens is 1. The Labute approximate surface area is 93.9 Å². The predicted molar refractivity (Wildman–Crippen MR) is 60.1 cm³/mol. The van der Waals surface area contributed by atoms with Crippen molar-refractivity contribution >= 4 is 0 Å². The number of nitriles is 1. The standard InChI is InChI=1S/C13H10N2O/c14-9-8-12-13(7-4-10-15-12)16-11-5-2-1-3-6-11/h1-7,10H,8H2. The zero-order chi connectivity index (χ0) is 11.2. The molecule has 0 N–H and O–H groups in total. The van der Waals surface area contributed by atoms with E-state index in [1.807, 2.05) is 36.4 Å². The maximum Gasteiger partial charge on any atom is 0.149 e. The van der Waals surface area contributed by atoms with E-state index in [2.05, 4.69) is 11.1 Å². The first-order chi connectivity index (χ1) is 7.90. The van der Waals surface area contributed by atoms with Gasteiger partial charge < -0.3 is 4.74 Å². The van der Waals surface area contributed by atoms with Crippen LogP contribution in [-0.2, 0) is 6.42 Å². The van der Waals surface area contributed by atoms with Gasteiger partial charge in [-0.1, -0.05) is 18.2 Å². The molecule has 3 nitrogen and oxygen atoms in total. The molecule has 0 radical (unpaired) electrons. The van der Waals surface area contributed by atoms with Crippen molar-refractivity contribution in [1.29, 1.82) is 5.26 Å². The van der Waals surface area contributed by atoms with Crippen LogP contribution in [0, 0.1) is 11.3 Å². The summed E-state index contributed by atoms with van der Waals surface area (Å²) in [5.41, 5.74) is 0.661. The minimum atomic E-state index is 0.253. The van der Waals surface area contributed by atoms with E-state index in [4.69, 9.17) is 10.00 Å². The molecule has 0 aliphatic heterocycles. The summed E-state index contributed by atoms with van der Waals surface area (Å²) in [5, 5.41) is 8.66. The third-order valence-corrected chi connectivity index (χ3v) is 2.07. The molecule has 2 aromatic rings. The second kappa shape index (κ2) is 4.94. The molecule has 0 aliphatic rings. The van der Waals surface area contributed by atoms with Gasteiger partial charge >= 0.3 is 0 Å². The Morgan fingerprint density at radius 3 is 2.69 bits per heavy atom. The van der Waals surface area contributed by atoms with Crippen molar-refractivity contribution in [1.82, 2.24) is 4.98 Å². The molecule has 0 atom stereocenters. The summed E-state index contributed by atoms with van der Waals surface area (Å²) in [6, 6.07) is 15.1. The number of pyridine rings is 1. The Morgan fingerprint density at radius 2 is 1.94 bits per heavy atom. The average molecular weight is 210 g/mol. The molecular formula is C13H10N2O. The lowest BCUT2D eigenvalue weighted by Crippen LogP contribution is -1.93. The molecule has 0 unspecified atom stereocenters. The van der Waals surface area contributed by atoms with Crippen LogP contribution in [0.2, 0.25) is 0 Å². The first-order valence-electron chi connectivity index (χ1n) is 4.94. The highest BCUT2D eigenvalue weighted by molar-refractivity contribution is 5.34. The van der Waals surface area contributed by atoms with Gasteiger partial charge in [0, 0.05) is 6.20 Å². The maximum atomic E-state index is 8.66. The highest BCUT2D eigenvalue weighted by Crippen LogP contribution is 2.23. The SMILES string of the molecule is N#CCc1ncccc1Oc1ccccc1. The second-order valence-corrected chi connectivity index (χ2v) is 3.20. The van der Waals surface area contributed by atoms with Crippen molar-refractivity contribution in [3.05, 3.63) is 54.4 Å². The molecule has 0 saturated heterocycles. The van der Waals surface area contributed by atoms with Gasteiger partial charge in [-0.15, -0.1) is 0 Å². The minimum absolute atomic E-state index is 0.253. The number of hydrogen-bond donors (Lipinski definition) is 0. The van der Waals surface area contributed by atoms with Gasteiger partial charge in [0.25, 0.3) is 0 Å². The summed E-state index contributed by atoms with van der Waals surface area (Å²) in [6.45, 7) is 0. The van der Waals surface area contributed by atoms with Crippen molar-refractivity contribution in [3.8, 4) is 17.6 Å². The number of ether oxygens (including phenoxy) is 1. The van der Waals surface area contributed by atoms with Crippen molar-refractivity contribution in [2.45, 2.75) is 6.42 Å². The van der Waals surface area contributed by atoms with Gasteiger partial charge in [-0.05, 0) is 24.3 Å². The van der Waals surface area contributed by atoms with E-state index in [0.717, 1.165) is 5.75 Å². The van der Waals surface area contributed by atoms with Crippen LogP contribution in [0.1, 0.15) is 5.69 Å². The van der Waals surface area contributed by atoms with Crippen LogP contribution in [0.15, 0.2) is 48.7 Å². The molecule has 3 heteroatoms. The van der Waals surface area contributed by atoms with Crippen LogP contribution < -0.4 is 4.74 Å². The summed E-state index contributed by atoms with van der Waals surface area (Å²) in [4.78, 5) is 4.12. The Hall–Kier alpha value is -2.34. The fraction of sp³-hybridized carbons (Fsp3) is 0.0769. The van der Waals surface area contributed by atoms with E-state index in [9.17, 15) is 0 Å². The highest BCUT2D eigenvalue weighted by Gasteiger charge is 2.04. The van der Waals surface area contributed by atoms with Crippen LogP contribution in [0.3, 0.4) is 0 Å². The van der Waals surface area contributed by atoms with Crippen LogP contribution in [0.4, 0.5) is 0 Å². The smallest absolute Gasteiger partial charge is 0.149 e. The first kappa shape index (κ1) is 10.2. The van der Waals surface area contributed by atoms with Crippen LogP contribution in [-0.4, -0.2) is 4.98 Å². The van der Waals surface area contributed by atoms with Gasteiger partial charge in [0.1, 0.15) is 11.5 Å². The molecule has 2 rings (SSSR count). The second-order valence-electron chi connectivity index (χ2n) is 3.20. The summed E-state index contributed by atoms with van der Waals surface area (Å²) in [6.07, 6.45) is 1.91. The zero-order valence-electron chi connectivity index (χ0n) is 8.63. The largest absolute Gasteiger partial charge is 0.455 e. The van der Waals surface area contributed by atoms with E-state index >= 15 is 0 Å². The number of para-hydroxylation sites is 1. The molecule has 16 heavy (non-hydrogen) atoms. The molecule has 78 valence electrons. The Kier molecular flexibility index (Phi) is 3.15. The fourth-order valence-electron chi connectivity index (χ4n) is 1.34. The summed E-state index contributed by atoms with van der Waals surface area (Å²) < 4.78 is 5.65. The lowest BCUT2D eigenvalue weighted by molar-refractivity contribution is 0.474. The number of hydrogen-bond acceptors (Lipinski definition) is 3. The number of nitrogens with zero attached hydrogens (tertiary/aromatic N) is 2. The quantitative estimate of drug-likeness (QED) is 0.782. The van der Waals surface area contributed by atoms with Gasteiger partial charge in [0.05, 0.1) is 18.2 Å². The molecule has 1 aromatic heterocycles. The number of rotatable bonds is 3. The lowest BCUT2D eigenvalue weighted by Gasteiger charge is -2.07. The van der Waals surface area contributed by atoms with Gasteiger partial charge in [-0.25, -0.2) is 0 Å². The van der Waals surface area contributed by atoms with Crippen molar-refractivity contribution in [2.24, 2.45) is 0 Å². The van der Waals surface area contributed by atoms with Crippen LogP contribution in [0.5, 0.6) is 11.5 Å². The van der Waals surface area contributed by atoms with E-state index in [-0.39, 0.29) is 6.42 Å². The monoisotopic (exact) mass is 210 g/mol. The van der Waals surface area contributed by atoms with E-state index in [1.165, 1.54) is 0 Å². The van der Waals surface area contributed by atoms with E-state index < -0.39 is 0 Å². The van der Waals surface area contributed by atoms with Gasteiger partial charge in [-0.3, -0.25) is 4.98 Å². The molecule has 1 heterocycles. The molecule has 0 spiro atoms. The third kappa shape index (κ3) is 2.37. The van der Waals surface area contributed by atoms with Crippen molar-refractivity contribution in [3.63, 3.8) is 0 Å². The minimum Gasteiger partial charge on any atom is -0.455 e. The Balaban J connectivity index is 2.25. The average Bonchev–Trinajstić information content (AvgIpc) is 2.33. The van der Waals surface area contributed by atoms with Crippen molar-refractivity contribution < 1.29 is 4.74 Å². The topological polar surface area (TPSA) is 45.9 Å². The van der Waals surface area contributed by atoms with Gasteiger partial charge in [0.15, 0.2) is 0 Å². The molecule has 0 saturated carbocycles. The van der Waals surface area contributed by atoms with Crippen LogP contribution in [0.25, 0.3) is 0 Å². The summed E-state index contributed by atoms with van der Waals surface area (Å²) in [7, 11) is 0. The van der Waals surface area contributed by atoms with Crippen LogP contribution >= 0.6 is 0 Å². The molecule has 0 bridgehead atoms. The highest BCUT2D eigenvalue weighted by atomic mass is 16.5. The molecular weight excluding hydrogens is 200 g/mol. The summed E-state index contributed by atoms with van der Waals surface area (Å²) >= 11 is 0. The fourth-order valence-corrected chi connectivity index (χ4v) is 1.34. The molecule has 0 amide bonds.